The van der Waals surface area contributed by atoms with E-state index in [2.05, 4.69) is 125 Å². The molecule has 0 fully saturated rings. The average molecular weight is 644 g/mol. The van der Waals surface area contributed by atoms with Gasteiger partial charge in [0.05, 0.1) is 17.1 Å². The van der Waals surface area contributed by atoms with Gasteiger partial charge in [-0.05, 0) is 47.5 Å². The van der Waals surface area contributed by atoms with Crippen molar-refractivity contribution in [2.75, 3.05) is 4.90 Å². The van der Waals surface area contributed by atoms with Gasteiger partial charge in [0.15, 0.2) is 11.6 Å². The van der Waals surface area contributed by atoms with E-state index in [9.17, 15) is 0 Å². The van der Waals surface area contributed by atoms with Gasteiger partial charge >= 0.3 is 0 Å². The Balaban J connectivity index is 1.48. The summed E-state index contributed by atoms with van der Waals surface area (Å²) in [5.74, 6) is 2.86. The highest BCUT2D eigenvalue weighted by molar-refractivity contribution is 5.96. The van der Waals surface area contributed by atoms with Crippen molar-refractivity contribution in [1.82, 2.24) is 29.5 Å². The molecule has 0 aliphatic heterocycles. The van der Waals surface area contributed by atoms with Crippen molar-refractivity contribution in [1.29, 1.82) is 0 Å². The summed E-state index contributed by atoms with van der Waals surface area (Å²) in [5, 5.41) is 9.82. The molecule has 0 saturated heterocycles. The maximum absolute atomic E-state index is 5.26. The van der Waals surface area contributed by atoms with E-state index in [0.717, 1.165) is 51.0 Å². The first-order valence-electron chi connectivity index (χ1n) is 16.7. The Labute approximate surface area is 288 Å². The molecule has 0 saturated carbocycles. The molecule has 0 unspecified atom stereocenters. The second-order valence-electron chi connectivity index (χ2n) is 14.3. The zero-order valence-corrected chi connectivity index (χ0v) is 28.9. The van der Waals surface area contributed by atoms with E-state index in [0.29, 0.717) is 11.6 Å². The molecule has 4 aromatic heterocycles. The smallest absolute Gasteiger partial charge is 0.155 e. The van der Waals surface area contributed by atoms with E-state index in [1.807, 2.05) is 70.3 Å². The van der Waals surface area contributed by atoms with Gasteiger partial charge < -0.3 is 0 Å². The summed E-state index contributed by atoms with van der Waals surface area (Å²) in [7, 11) is 0. The van der Waals surface area contributed by atoms with E-state index >= 15 is 0 Å². The third-order valence-corrected chi connectivity index (χ3v) is 8.51. The summed E-state index contributed by atoms with van der Waals surface area (Å²) in [4.78, 5) is 12.7. The molecule has 49 heavy (non-hydrogen) atoms. The van der Waals surface area contributed by atoms with Gasteiger partial charge in [-0.3, -0.25) is 4.90 Å². The maximum Gasteiger partial charge on any atom is 0.155 e. The monoisotopic (exact) mass is 643 g/mol. The van der Waals surface area contributed by atoms with Gasteiger partial charge in [-0.15, -0.1) is 0 Å². The van der Waals surface area contributed by atoms with Gasteiger partial charge in [-0.1, -0.05) is 133 Å². The zero-order valence-electron chi connectivity index (χ0n) is 28.9. The van der Waals surface area contributed by atoms with Crippen LogP contribution in [0.3, 0.4) is 0 Å². The summed E-state index contributed by atoms with van der Waals surface area (Å²) in [6.07, 6.45) is 3.96. The second-order valence-corrected chi connectivity index (χ2v) is 14.3. The van der Waals surface area contributed by atoms with Crippen LogP contribution in [0.5, 0.6) is 0 Å². The summed E-state index contributed by atoms with van der Waals surface area (Å²) < 4.78 is 3.70. The molecule has 0 bridgehead atoms. The topological polar surface area (TPSA) is 64.7 Å². The quantitative estimate of drug-likeness (QED) is 0.173. The van der Waals surface area contributed by atoms with Crippen molar-refractivity contribution < 1.29 is 0 Å². The first kappa shape index (κ1) is 31.8. The molecular formula is C42H41N7. The number of rotatable bonds is 7. The van der Waals surface area contributed by atoms with E-state index in [1.165, 1.54) is 0 Å². The highest BCUT2D eigenvalue weighted by Crippen LogP contribution is 2.45. The molecular weight excluding hydrogens is 603 g/mol. The van der Waals surface area contributed by atoms with Gasteiger partial charge in [-0.25, -0.2) is 19.3 Å². The standard InChI is InChI=1S/C42H41N7/c1-41(2,3)34-26-28-47(45-34)36-22-14-24-38(43-36)49(39-25-15-23-37(44-39)48-29-27-35(46-48)42(4,5)6)40-32(30-16-9-7-10-17-30)20-13-21-33(40)31-18-11-8-12-19-31/h7-29H,1-6H3. The fraction of sp³-hybridized carbons (Fsp3) is 0.190. The van der Waals surface area contributed by atoms with E-state index in [-0.39, 0.29) is 10.8 Å². The fourth-order valence-corrected chi connectivity index (χ4v) is 5.86. The summed E-state index contributed by atoms with van der Waals surface area (Å²) >= 11 is 0. The number of nitrogens with zero attached hydrogens (tertiary/aromatic N) is 7. The van der Waals surface area contributed by atoms with Gasteiger partial charge in [0.1, 0.15) is 11.6 Å². The second kappa shape index (κ2) is 12.7. The minimum absolute atomic E-state index is 0.0855. The van der Waals surface area contributed by atoms with Crippen LogP contribution in [-0.4, -0.2) is 29.5 Å². The van der Waals surface area contributed by atoms with Crippen LogP contribution in [0.2, 0.25) is 0 Å². The number of aromatic nitrogens is 6. The fourth-order valence-electron chi connectivity index (χ4n) is 5.86. The predicted molar refractivity (Wildman–Crippen MR) is 199 cm³/mol. The molecule has 4 heterocycles. The Bertz CT molecular complexity index is 2050. The van der Waals surface area contributed by atoms with E-state index in [1.54, 1.807) is 0 Å². The van der Waals surface area contributed by atoms with Crippen molar-refractivity contribution in [2.45, 2.75) is 52.4 Å². The lowest BCUT2D eigenvalue weighted by atomic mass is 9.93. The zero-order chi connectivity index (χ0) is 34.2. The molecule has 0 amide bonds. The first-order chi connectivity index (χ1) is 23.6. The number of benzene rings is 3. The minimum Gasteiger partial charge on any atom is -0.278 e. The number of anilines is 3. The van der Waals surface area contributed by atoms with E-state index in [4.69, 9.17) is 20.2 Å². The van der Waals surface area contributed by atoms with Crippen LogP contribution in [0.4, 0.5) is 17.3 Å². The number of hydrogen-bond donors (Lipinski definition) is 0. The van der Waals surface area contributed by atoms with Crippen molar-refractivity contribution >= 4 is 17.3 Å². The van der Waals surface area contributed by atoms with Gasteiger partial charge in [0, 0.05) is 34.4 Å². The minimum atomic E-state index is -0.0855. The van der Waals surface area contributed by atoms with Gasteiger partial charge in [0.2, 0.25) is 0 Å². The first-order valence-corrected chi connectivity index (χ1v) is 16.7. The van der Waals surface area contributed by atoms with Crippen molar-refractivity contribution in [3.8, 4) is 33.9 Å². The molecule has 0 spiro atoms. The predicted octanol–water partition coefficient (Wildman–Crippen LogP) is 10.2. The van der Waals surface area contributed by atoms with Gasteiger partial charge in [0.25, 0.3) is 0 Å². The Kier molecular flexibility index (Phi) is 8.20. The number of pyridine rings is 2. The van der Waals surface area contributed by atoms with Crippen molar-refractivity contribution in [2.24, 2.45) is 0 Å². The van der Waals surface area contributed by atoms with Crippen LogP contribution in [-0.2, 0) is 10.8 Å². The Morgan fingerprint density at radius 3 is 1.24 bits per heavy atom. The largest absolute Gasteiger partial charge is 0.278 e. The maximum atomic E-state index is 5.26. The Morgan fingerprint density at radius 1 is 0.449 bits per heavy atom. The molecule has 0 N–H and O–H groups in total. The molecule has 7 aromatic rings. The van der Waals surface area contributed by atoms with Crippen LogP contribution < -0.4 is 4.90 Å². The van der Waals surface area contributed by atoms with Crippen LogP contribution in [0, 0.1) is 0 Å². The van der Waals surface area contributed by atoms with Gasteiger partial charge in [-0.2, -0.15) is 10.2 Å². The average Bonchev–Trinajstić information content (AvgIpc) is 3.82. The van der Waals surface area contributed by atoms with Crippen LogP contribution in [0.1, 0.15) is 52.9 Å². The summed E-state index contributed by atoms with van der Waals surface area (Å²) in [5.41, 5.74) is 7.11. The molecule has 0 aliphatic rings. The Morgan fingerprint density at radius 2 is 0.857 bits per heavy atom. The van der Waals surface area contributed by atoms with Crippen LogP contribution in [0.25, 0.3) is 33.9 Å². The molecule has 7 nitrogen and oxygen atoms in total. The molecule has 244 valence electrons. The molecule has 7 heteroatoms. The number of hydrogen-bond acceptors (Lipinski definition) is 5. The lowest BCUT2D eigenvalue weighted by Gasteiger charge is -2.29. The third kappa shape index (κ3) is 6.52. The molecule has 0 radical (unpaired) electrons. The van der Waals surface area contributed by atoms with Crippen LogP contribution >= 0.6 is 0 Å². The number of para-hydroxylation sites is 1. The van der Waals surface area contributed by atoms with E-state index < -0.39 is 0 Å². The highest BCUT2D eigenvalue weighted by atomic mass is 15.3. The normalized spacial score (nSPS) is 11.9. The van der Waals surface area contributed by atoms with Crippen molar-refractivity contribution in [3.63, 3.8) is 0 Å². The molecule has 3 aromatic carbocycles. The summed E-state index contributed by atoms with van der Waals surface area (Å²) in [6, 6.07) is 43.7. The molecule has 7 rings (SSSR count). The summed E-state index contributed by atoms with van der Waals surface area (Å²) in [6.45, 7) is 13.0. The van der Waals surface area contributed by atoms with Crippen LogP contribution in [0.15, 0.2) is 140 Å². The highest BCUT2D eigenvalue weighted by Gasteiger charge is 2.25. The molecule has 0 aliphatic carbocycles. The SMILES string of the molecule is CC(C)(C)c1ccn(-c2cccc(N(c3cccc(-n4ccc(C(C)(C)C)n4)n3)c3c(-c4ccccc4)cccc3-c3ccccc3)n2)n1. The third-order valence-electron chi connectivity index (χ3n) is 8.51. The van der Waals surface area contributed by atoms with Crippen molar-refractivity contribution in [3.05, 3.63) is 151 Å². The lowest BCUT2D eigenvalue weighted by Crippen LogP contribution is -2.17. The lowest BCUT2D eigenvalue weighted by molar-refractivity contribution is 0.559. The molecule has 0 atom stereocenters. The Hall–Kier alpha value is -5.82.